The van der Waals surface area contributed by atoms with Gasteiger partial charge in [-0.25, -0.2) is 8.42 Å². The predicted molar refractivity (Wildman–Crippen MR) is 103 cm³/mol. The first-order valence-corrected chi connectivity index (χ1v) is 14.1. The molecule has 1 heterocycles. The molecule has 0 radical (unpaired) electrons. The second kappa shape index (κ2) is 6.11. The van der Waals surface area contributed by atoms with E-state index in [4.69, 9.17) is 0 Å². The topological polar surface area (TPSA) is 37.4 Å². The molecule has 0 amide bonds. The lowest BCUT2D eigenvalue weighted by Gasteiger charge is -2.38. The molecule has 0 N–H and O–H groups in total. The Bertz CT molecular complexity index is 747. The van der Waals surface area contributed by atoms with Gasteiger partial charge < -0.3 is 0 Å². The van der Waals surface area contributed by atoms with Gasteiger partial charge in [0.2, 0.25) is 10.0 Å². The summed E-state index contributed by atoms with van der Waals surface area (Å²) in [6.45, 7) is 9.74. The van der Waals surface area contributed by atoms with Gasteiger partial charge in [0.25, 0.3) is 0 Å². The smallest absolute Gasteiger partial charge is 0.207 e. The Morgan fingerprint density at radius 1 is 1.12 bits per heavy atom. The molecule has 5 heteroatoms. The minimum absolute atomic E-state index is 0.246. The molecular weight excluding hydrogens is 334 g/mol. The van der Waals surface area contributed by atoms with Gasteiger partial charge in [-0.2, -0.15) is 4.31 Å². The van der Waals surface area contributed by atoms with Crippen molar-refractivity contribution in [2.24, 2.45) is 0 Å². The molecule has 0 aromatic heterocycles. The van der Waals surface area contributed by atoms with E-state index in [2.05, 4.69) is 25.7 Å². The lowest BCUT2D eigenvalue weighted by atomic mass is 9.90. The molecule has 1 fully saturated rings. The highest BCUT2D eigenvalue weighted by Gasteiger charge is 2.51. The number of sulfonamides is 1. The molecule has 3 rings (SSSR count). The van der Waals surface area contributed by atoms with Crippen molar-refractivity contribution in [1.82, 2.24) is 4.31 Å². The summed E-state index contributed by atoms with van der Waals surface area (Å²) < 4.78 is 28.5. The highest BCUT2D eigenvalue weighted by Crippen LogP contribution is 2.49. The Morgan fingerprint density at radius 3 is 2.42 bits per heavy atom. The summed E-state index contributed by atoms with van der Waals surface area (Å²) in [5.74, 6) is 0. The minimum Gasteiger partial charge on any atom is -0.207 e. The van der Waals surface area contributed by atoms with Crippen molar-refractivity contribution in [2.75, 3.05) is 6.54 Å². The first kappa shape index (κ1) is 17.9. The average Bonchev–Trinajstić information content (AvgIpc) is 3.07. The van der Waals surface area contributed by atoms with Gasteiger partial charge in [-0.05, 0) is 50.8 Å². The van der Waals surface area contributed by atoms with Crippen molar-refractivity contribution in [1.29, 1.82) is 0 Å². The standard InChI is InChI=1S/C19H29NO2SSi/c1-16-8-10-18(11-9-16)23(21,22)20-14-6-13-19(20)12-5-7-17(19)15-24(2,3)4/h7-11H,5-6,12-15H2,1-4H3. The molecule has 0 saturated carbocycles. The lowest BCUT2D eigenvalue weighted by molar-refractivity contribution is 0.284. The van der Waals surface area contributed by atoms with Crippen LogP contribution in [0.15, 0.2) is 40.8 Å². The van der Waals surface area contributed by atoms with Crippen LogP contribution < -0.4 is 0 Å². The number of rotatable bonds is 4. The summed E-state index contributed by atoms with van der Waals surface area (Å²) in [5.41, 5.74) is 2.24. The first-order chi connectivity index (χ1) is 11.2. The average molecular weight is 364 g/mol. The largest absolute Gasteiger partial charge is 0.243 e. The maximum Gasteiger partial charge on any atom is 0.243 e. The Morgan fingerprint density at radius 2 is 1.79 bits per heavy atom. The number of nitrogens with zero attached hydrogens (tertiary/aromatic N) is 1. The molecule has 1 saturated heterocycles. The van der Waals surface area contributed by atoms with Crippen LogP contribution in [-0.4, -0.2) is 32.9 Å². The van der Waals surface area contributed by atoms with Gasteiger partial charge >= 0.3 is 0 Å². The molecular formula is C19H29NO2SSi. The van der Waals surface area contributed by atoms with E-state index in [1.165, 1.54) is 5.57 Å². The fourth-order valence-corrected chi connectivity index (χ4v) is 7.74. The lowest BCUT2D eigenvalue weighted by Crippen LogP contribution is -2.48. The summed E-state index contributed by atoms with van der Waals surface area (Å²) in [4.78, 5) is 0.439. The monoisotopic (exact) mass is 363 g/mol. The minimum atomic E-state index is -3.43. The number of hydrogen-bond acceptors (Lipinski definition) is 2. The molecule has 2 aliphatic rings. The maximum atomic E-state index is 13.3. The van der Waals surface area contributed by atoms with Crippen LogP contribution in [0.4, 0.5) is 0 Å². The first-order valence-electron chi connectivity index (χ1n) is 8.94. The third kappa shape index (κ3) is 3.14. The third-order valence-corrected chi connectivity index (χ3v) is 8.73. The fourth-order valence-electron chi connectivity index (χ4n) is 4.26. The molecule has 132 valence electrons. The van der Waals surface area contributed by atoms with Gasteiger partial charge in [-0.1, -0.05) is 49.0 Å². The van der Waals surface area contributed by atoms with Crippen molar-refractivity contribution in [3.05, 3.63) is 41.5 Å². The van der Waals surface area contributed by atoms with Crippen LogP contribution >= 0.6 is 0 Å². The normalized spacial score (nSPS) is 25.4. The summed E-state index contributed by atoms with van der Waals surface area (Å²) in [7, 11) is -4.71. The van der Waals surface area contributed by atoms with E-state index >= 15 is 0 Å². The molecule has 0 bridgehead atoms. The summed E-state index contributed by atoms with van der Waals surface area (Å²) in [6.07, 6.45) is 6.25. The summed E-state index contributed by atoms with van der Waals surface area (Å²) in [5, 5.41) is 0. The second-order valence-corrected chi connectivity index (χ2v) is 15.9. The number of aryl methyl sites for hydroxylation is 1. The van der Waals surface area contributed by atoms with Crippen LogP contribution in [-0.2, 0) is 10.0 Å². The highest BCUT2D eigenvalue weighted by atomic mass is 32.2. The third-order valence-electron chi connectivity index (χ3n) is 5.31. The van der Waals surface area contributed by atoms with Gasteiger partial charge in [0.15, 0.2) is 0 Å². The van der Waals surface area contributed by atoms with Crippen LogP contribution in [0.1, 0.15) is 31.2 Å². The summed E-state index contributed by atoms with van der Waals surface area (Å²) >= 11 is 0. The molecule has 1 aromatic rings. The zero-order valence-corrected chi connectivity index (χ0v) is 17.1. The zero-order valence-electron chi connectivity index (χ0n) is 15.3. The molecule has 1 aromatic carbocycles. The summed E-state index contributed by atoms with van der Waals surface area (Å²) in [6, 6.07) is 8.40. The Balaban J connectivity index is 1.98. The van der Waals surface area contributed by atoms with Gasteiger partial charge in [0.05, 0.1) is 10.4 Å². The van der Waals surface area contributed by atoms with Crippen LogP contribution in [0.25, 0.3) is 0 Å². The van der Waals surface area contributed by atoms with E-state index in [0.717, 1.165) is 37.3 Å². The van der Waals surface area contributed by atoms with Crippen LogP contribution in [0.5, 0.6) is 0 Å². The highest BCUT2D eigenvalue weighted by molar-refractivity contribution is 7.89. The Labute approximate surface area is 147 Å². The second-order valence-electron chi connectivity index (χ2n) is 8.53. The van der Waals surface area contributed by atoms with Crippen LogP contribution in [0, 0.1) is 6.92 Å². The van der Waals surface area contributed by atoms with Gasteiger partial charge in [-0.15, -0.1) is 0 Å². The maximum absolute atomic E-state index is 13.3. The van der Waals surface area contributed by atoms with E-state index in [-0.39, 0.29) is 5.54 Å². The molecule has 1 unspecified atom stereocenters. The SMILES string of the molecule is Cc1ccc(S(=O)(=O)N2CCCC23CCC=C3C[Si](C)(C)C)cc1. The molecule has 1 aliphatic carbocycles. The van der Waals surface area contributed by atoms with Crippen molar-refractivity contribution in [3.63, 3.8) is 0 Å². The van der Waals surface area contributed by atoms with Gasteiger partial charge in [-0.3, -0.25) is 0 Å². The molecule has 1 aliphatic heterocycles. The van der Waals surface area contributed by atoms with Crippen molar-refractivity contribution in [2.45, 2.75) is 68.7 Å². The fraction of sp³-hybridized carbons (Fsp3) is 0.579. The number of allylic oxidation sites excluding steroid dienone is 1. The Kier molecular flexibility index (Phi) is 4.56. The van der Waals surface area contributed by atoms with Crippen LogP contribution in [0.2, 0.25) is 25.7 Å². The van der Waals surface area contributed by atoms with Crippen molar-refractivity contribution < 1.29 is 8.42 Å². The van der Waals surface area contributed by atoms with Crippen LogP contribution in [0.3, 0.4) is 0 Å². The van der Waals surface area contributed by atoms with Gasteiger partial charge in [0.1, 0.15) is 0 Å². The molecule has 3 nitrogen and oxygen atoms in total. The van der Waals surface area contributed by atoms with E-state index in [9.17, 15) is 8.42 Å². The zero-order chi connectivity index (χ0) is 17.6. The predicted octanol–water partition coefficient (Wildman–Crippen LogP) is 4.58. The van der Waals surface area contributed by atoms with E-state index in [0.29, 0.717) is 11.4 Å². The van der Waals surface area contributed by atoms with E-state index in [1.807, 2.05) is 23.4 Å². The Hall–Kier alpha value is -0.913. The van der Waals surface area contributed by atoms with Crippen molar-refractivity contribution in [3.8, 4) is 0 Å². The molecule has 1 spiro atoms. The number of hydrogen-bond donors (Lipinski definition) is 0. The molecule has 1 atom stereocenters. The van der Waals surface area contributed by atoms with Crippen molar-refractivity contribution >= 4 is 18.1 Å². The number of benzene rings is 1. The molecule has 24 heavy (non-hydrogen) atoms. The van der Waals surface area contributed by atoms with E-state index in [1.54, 1.807) is 12.1 Å². The van der Waals surface area contributed by atoms with Gasteiger partial charge in [0, 0.05) is 14.6 Å². The quantitative estimate of drug-likeness (QED) is 0.580. The van der Waals surface area contributed by atoms with E-state index < -0.39 is 18.1 Å².